The Labute approximate surface area is 69.9 Å². The van der Waals surface area contributed by atoms with Crippen LogP contribution in [-0.4, -0.2) is 29.0 Å². The third kappa shape index (κ3) is 2.17. The van der Waals surface area contributed by atoms with Crippen LogP contribution in [0.3, 0.4) is 0 Å². The first-order valence-electron chi connectivity index (χ1n) is 4.27. The van der Waals surface area contributed by atoms with E-state index in [0.29, 0.717) is 5.54 Å². The van der Waals surface area contributed by atoms with Crippen molar-refractivity contribution < 1.29 is 5.48 Å². The number of rotatable bonds is 0. The molecule has 0 spiro atoms. The fourth-order valence-corrected chi connectivity index (χ4v) is 1.80. The minimum Gasteiger partial charge on any atom is -0.412 e. The Morgan fingerprint density at radius 1 is 1.36 bits per heavy atom. The SMILES string of the molecule is CC1CCCC(C)(C)N1C.O. The van der Waals surface area contributed by atoms with Gasteiger partial charge in [0.25, 0.3) is 0 Å². The van der Waals surface area contributed by atoms with Crippen LogP contribution in [0.4, 0.5) is 0 Å². The van der Waals surface area contributed by atoms with Gasteiger partial charge in [-0.3, -0.25) is 4.90 Å². The van der Waals surface area contributed by atoms with Gasteiger partial charge in [0.15, 0.2) is 0 Å². The Kier molecular flexibility index (Phi) is 3.52. The molecule has 11 heavy (non-hydrogen) atoms. The van der Waals surface area contributed by atoms with Gasteiger partial charge in [0.2, 0.25) is 0 Å². The summed E-state index contributed by atoms with van der Waals surface area (Å²) in [7, 11) is 2.24. The number of hydrogen-bond donors (Lipinski definition) is 0. The predicted molar refractivity (Wildman–Crippen MR) is 48.8 cm³/mol. The normalized spacial score (nSPS) is 31.1. The van der Waals surface area contributed by atoms with Gasteiger partial charge in [0.05, 0.1) is 0 Å². The fourth-order valence-electron chi connectivity index (χ4n) is 1.80. The first-order chi connectivity index (χ1) is 4.54. The molecule has 2 heteroatoms. The Hall–Kier alpha value is -0.0800. The third-order valence-electron chi connectivity index (χ3n) is 3.03. The quantitative estimate of drug-likeness (QED) is 0.526. The van der Waals surface area contributed by atoms with E-state index in [2.05, 4.69) is 32.7 Å². The van der Waals surface area contributed by atoms with Gasteiger partial charge in [-0.15, -0.1) is 0 Å². The first-order valence-corrected chi connectivity index (χ1v) is 4.27. The topological polar surface area (TPSA) is 34.7 Å². The molecule has 0 aromatic carbocycles. The van der Waals surface area contributed by atoms with Crippen LogP contribution in [0.5, 0.6) is 0 Å². The van der Waals surface area contributed by atoms with E-state index in [0.717, 1.165) is 6.04 Å². The number of piperidine rings is 1. The molecule has 0 amide bonds. The van der Waals surface area contributed by atoms with Gasteiger partial charge < -0.3 is 5.48 Å². The molecule has 2 nitrogen and oxygen atoms in total. The van der Waals surface area contributed by atoms with Crippen LogP contribution < -0.4 is 0 Å². The van der Waals surface area contributed by atoms with Crippen LogP contribution in [0.2, 0.25) is 0 Å². The molecule has 1 saturated heterocycles. The van der Waals surface area contributed by atoms with Crippen LogP contribution in [-0.2, 0) is 0 Å². The molecular formula is C9H21NO. The molecule has 0 radical (unpaired) electrons. The highest BCUT2D eigenvalue weighted by Gasteiger charge is 2.30. The average molecular weight is 159 g/mol. The van der Waals surface area contributed by atoms with E-state index in [1.165, 1.54) is 19.3 Å². The van der Waals surface area contributed by atoms with E-state index in [9.17, 15) is 0 Å². The maximum absolute atomic E-state index is 2.50. The van der Waals surface area contributed by atoms with Crippen molar-refractivity contribution in [3.63, 3.8) is 0 Å². The highest BCUT2D eigenvalue weighted by atomic mass is 16.0. The Bertz CT molecular complexity index is 123. The summed E-state index contributed by atoms with van der Waals surface area (Å²) >= 11 is 0. The van der Waals surface area contributed by atoms with Gasteiger partial charge in [-0.05, 0) is 40.7 Å². The fraction of sp³-hybridized carbons (Fsp3) is 1.00. The van der Waals surface area contributed by atoms with Gasteiger partial charge >= 0.3 is 0 Å². The second kappa shape index (κ2) is 3.55. The van der Waals surface area contributed by atoms with Gasteiger partial charge in [0.1, 0.15) is 0 Å². The number of nitrogens with zero attached hydrogens (tertiary/aromatic N) is 1. The maximum atomic E-state index is 2.50. The monoisotopic (exact) mass is 159 g/mol. The van der Waals surface area contributed by atoms with Crippen molar-refractivity contribution in [3.8, 4) is 0 Å². The largest absolute Gasteiger partial charge is 0.412 e. The summed E-state index contributed by atoms with van der Waals surface area (Å²) in [6.45, 7) is 6.99. The van der Waals surface area contributed by atoms with Crippen LogP contribution in [0, 0.1) is 0 Å². The summed E-state index contributed by atoms with van der Waals surface area (Å²) < 4.78 is 0. The average Bonchev–Trinajstić information content (AvgIpc) is 1.83. The van der Waals surface area contributed by atoms with Gasteiger partial charge in [-0.2, -0.15) is 0 Å². The lowest BCUT2D eigenvalue weighted by Gasteiger charge is -2.44. The number of likely N-dealkylation sites (tertiary alicyclic amines) is 1. The molecule has 0 aliphatic carbocycles. The van der Waals surface area contributed by atoms with Crippen molar-refractivity contribution in [2.45, 2.75) is 51.6 Å². The molecule has 1 aliphatic heterocycles. The summed E-state index contributed by atoms with van der Waals surface area (Å²) in [4.78, 5) is 2.50. The van der Waals surface area contributed by atoms with Gasteiger partial charge in [-0.1, -0.05) is 6.42 Å². The molecule has 0 aromatic rings. The van der Waals surface area contributed by atoms with Crippen LogP contribution in [0.1, 0.15) is 40.0 Å². The molecule has 68 valence electrons. The van der Waals surface area contributed by atoms with Crippen molar-refractivity contribution >= 4 is 0 Å². The van der Waals surface area contributed by atoms with Crippen LogP contribution in [0.15, 0.2) is 0 Å². The van der Waals surface area contributed by atoms with E-state index in [1.54, 1.807) is 0 Å². The lowest BCUT2D eigenvalue weighted by molar-refractivity contribution is 0.0598. The third-order valence-corrected chi connectivity index (χ3v) is 3.03. The Morgan fingerprint density at radius 3 is 2.27 bits per heavy atom. The molecule has 1 fully saturated rings. The molecule has 1 atom stereocenters. The Morgan fingerprint density at radius 2 is 1.91 bits per heavy atom. The summed E-state index contributed by atoms with van der Waals surface area (Å²) in [6.07, 6.45) is 4.13. The molecule has 1 aliphatic rings. The van der Waals surface area contributed by atoms with Crippen molar-refractivity contribution in [2.75, 3.05) is 7.05 Å². The number of hydrogen-bond acceptors (Lipinski definition) is 1. The van der Waals surface area contributed by atoms with Gasteiger partial charge in [-0.25, -0.2) is 0 Å². The lowest BCUT2D eigenvalue weighted by atomic mass is 9.88. The minimum atomic E-state index is 0. The van der Waals surface area contributed by atoms with Crippen molar-refractivity contribution in [1.29, 1.82) is 0 Å². The predicted octanol–water partition coefficient (Wildman–Crippen LogP) is 1.44. The molecule has 0 bridgehead atoms. The summed E-state index contributed by atoms with van der Waals surface area (Å²) in [5, 5.41) is 0. The maximum Gasteiger partial charge on any atom is 0.0153 e. The first kappa shape index (κ1) is 10.9. The standard InChI is InChI=1S/C9H19N.H2O/c1-8-6-5-7-9(2,3)10(8)4;/h8H,5-7H2,1-4H3;1H2. The molecule has 1 rings (SSSR count). The summed E-state index contributed by atoms with van der Waals surface area (Å²) in [5.74, 6) is 0. The van der Waals surface area contributed by atoms with Crippen LogP contribution >= 0.6 is 0 Å². The smallest absolute Gasteiger partial charge is 0.0153 e. The molecule has 0 saturated carbocycles. The molecular weight excluding hydrogens is 138 g/mol. The molecule has 2 N–H and O–H groups in total. The zero-order valence-electron chi connectivity index (χ0n) is 8.15. The van der Waals surface area contributed by atoms with E-state index in [-0.39, 0.29) is 5.48 Å². The van der Waals surface area contributed by atoms with E-state index in [4.69, 9.17) is 0 Å². The van der Waals surface area contributed by atoms with Crippen molar-refractivity contribution in [3.05, 3.63) is 0 Å². The second-order valence-corrected chi connectivity index (χ2v) is 4.16. The Balaban J connectivity index is 0.000001000. The van der Waals surface area contributed by atoms with Gasteiger partial charge in [0, 0.05) is 11.6 Å². The van der Waals surface area contributed by atoms with Crippen molar-refractivity contribution in [2.24, 2.45) is 0 Å². The van der Waals surface area contributed by atoms with E-state index in [1.807, 2.05) is 0 Å². The van der Waals surface area contributed by atoms with E-state index < -0.39 is 0 Å². The molecule has 1 heterocycles. The zero-order chi connectivity index (χ0) is 7.78. The molecule has 0 aromatic heterocycles. The molecule has 1 unspecified atom stereocenters. The second-order valence-electron chi connectivity index (χ2n) is 4.16. The van der Waals surface area contributed by atoms with Crippen molar-refractivity contribution in [1.82, 2.24) is 4.90 Å². The summed E-state index contributed by atoms with van der Waals surface area (Å²) in [6, 6.07) is 0.781. The lowest BCUT2D eigenvalue weighted by Crippen LogP contribution is -2.49. The minimum absolute atomic E-state index is 0. The highest BCUT2D eigenvalue weighted by Crippen LogP contribution is 2.29. The summed E-state index contributed by atoms with van der Waals surface area (Å²) in [5.41, 5.74) is 0.442. The van der Waals surface area contributed by atoms with Crippen LogP contribution in [0.25, 0.3) is 0 Å². The highest BCUT2D eigenvalue weighted by molar-refractivity contribution is 4.86. The van der Waals surface area contributed by atoms with E-state index >= 15 is 0 Å². The zero-order valence-corrected chi connectivity index (χ0v) is 8.15.